The number of nitrogens with two attached hydrogens (primary N) is 2. The Morgan fingerprint density at radius 1 is 0.889 bits per heavy atom. The van der Waals surface area contributed by atoms with Crippen molar-refractivity contribution >= 4 is 17.8 Å². The van der Waals surface area contributed by atoms with Crippen LogP contribution >= 0.6 is 0 Å². The molecule has 0 spiro atoms. The normalized spacial score (nSPS) is 11.4. The molecule has 0 radical (unpaired) electrons. The highest BCUT2D eigenvalue weighted by atomic mass is 16.4. The molecular weight excluding hydrogens is 346 g/mol. The van der Waals surface area contributed by atoms with Crippen molar-refractivity contribution in [2.45, 2.75) is 97.4 Å². The number of carboxylic acid groups (broad SMARTS) is 1. The highest BCUT2D eigenvalue weighted by Gasteiger charge is 2.12. The number of hydrogen-bond acceptors (Lipinski definition) is 4. The van der Waals surface area contributed by atoms with Gasteiger partial charge in [-0.25, -0.2) is 0 Å². The van der Waals surface area contributed by atoms with Crippen LogP contribution in [0.4, 0.5) is 0 Å². The lowest BCUT2D eigenvalue weighted by Crippen LogP contribution is -2.36. The summed E-state index contributed by atoms with van der Waals surface area (Å²) in [4.78, 5) is 31.3. The van der Waals surface area contributed by atoms with Gasteiger partial charge < -0.3 is 21.9 Å². The summed E-state index contributed by atoms with van der Waals surface area (Å²) < 4.78 is 0. The molecule has 2 amide bonds. The number of carbonyl (C=O) groups is 3. The summed E-state index contributed by atoms with van der Waals surface area (Å²) in [6.45, 7) is 6.68. The standard InChI is InChI=1S/C14H28N2O2.C6H13NO2/c1-2-3-4-5-6-7-8-9-10-11-12-16-14(18)13(15)17;1-4(2)3-5(7)6(8)9/h2-12H2,1H3,(H2,15,17)(H,16,18);4-5H,3,7H2,1-2H3,(H,8,9)/t;5-/m.0/s1. The number of hydrogen-bond donors (Lipinski definition) is 4. The fourth-order valence-electron chi connectivity index (χ4n) is 2.51. The van der Waals surface area contributed by atoms with Crippen molar-refractivity contribution in [3.05, 3.63) is 0 Å². The summed E-state index contributed by atoms with van der Waals surface area (Å²) in [5.74, 6) is -2.13. The second kappa shape index (κ2) is 19.1. The Kier molecular flexibility index (Phi) is 19.6. The van der Waals surface area contributed by atoms with E-state index in [0.29, 0.717) is 18.9 Å². The van der Waals surface area contributed by atoms with Crippen LogP contribution in [0.15, 0.2) is 0 Å². The molecule has 160 valence electrons. The zero-order valence-corrected chi connectivity index (χ0v) is 17.5. The molecule has 0 aromatic carbocycles. The van der Waals surface area contributed by atoms with E-state index in [2.05, 4.69) is 12.2 Å². The first-order chi connectivity index (χ1) is 12.7. The van der Waals surface area contributed by atoms with Crippen LogP contribution in [0.25, 0.3) is 0 Å². The Morgan fingerprint density at radius 2 is 1.33 bits per heavy atom. The van der Waals surface area contributed by atoms with Crippen LogP contribution in [-0.2, 0) is 14.4 Å². The lowest BCUT2D eigenvalue weighted by molar-refractivity contribution is -0.138. The monoisotopic (exact) mass is 387 g/mol. The van der Waals surface area contributed by atoms with Crippen LogP contribution in [0, 0.1) is 5.92 Å². The Labute approximate surface area is 164 Å². The van der Waals surface area contributed by atoms with Crippen LogP contribution in [0.3, 0.4) is 0 Å². The molecule has 6 N–H and O–H groups in total. The number of carboxylic acids is 1. The maximum atomic E-state index is 10.8. The lowest BCUT2D eigenvalue weighted by Gasteiger charge is -2.07. The first-order valence-electron chi connectivity index (χ1n) is 10.3. The molecule has 0 aromatic rings. The van der Waals surface area contributed by atoms with Crippen molar-refractivity contribution in [2.75, 3.05) is 6.54 Å². The molecule has 1 atom stereocenters. The van der Waals surface area contributed by atoms with E-state index in [-0.39, 0.29) is 0 Å². The van der Waals surface area contributed by atoms with Gasteiger partial charge in [-0.3, -0.25) is 14.4 Å². The highest BCUT2D eigenvalue weighted by Crippen LogP contribution is 2.10. The van der Waals surface area contributed by atoms with Crippen molar-refractivity contribution < 1.29 is 19.5 Å². The molecule has 0 aliphatic heterocycles. The highest BCUT2D eigenvalue weighted by molar-refractivity contribution is 6.34. The van der Waals surface area contributed by atoms with Gasteiger partial charge in [0.05, 0.1) is 0 Å². The van der Waals surface area contributed by atoms with E-state index >= 15 is 0 Å². The Hall–Kier alpha value is -1.63. The molecule has 0 bridgehead atoms. The predicted octanol–water partition coefficient (Wildman–Crippen LogP) is 2.95. The molecule has 0 fully saturated rings. The van der Waals surface area contributed by atoms with Gasteiger partial charge in [-0.15, -0.1) is 0 Å². The third kappa shape index (κ3) is 22.3. The van der Waals surface area contributed by atoms with E-state index < -0.39 is 23.8 Å². The van der Waals surface area contributed by atoms with Crippen molar-refractivity contribution in [1.82, 2.24) is 5.32 Å². The minimum Gasteiger partial charge on any atom is -0.480 e. The molecule has 0 aliphatic rings. The van der Waals surface area contributed by atoms with E-state index in [4.69, 9.17) is 16.6 Å². The molecule has 7 heteroatoms. The second-order valence-corrected chi connectivity index (χ2v) is 7.38. The van der Waals surface area contributed by atoms with E-state index in [1.165, 1.54) is 51.4 Å². The van der Waals surface area contributed by atoms with Crippen molar-refractivity contribution in [3.8, 4) is 0 Å². The fourth-order valence-corrected chi connectivity index (χ4v) is 2.51. The number of unbranched alkanes of at least 4 members (excludes halogenated alkanes) is 9. The zero-order valence-electron chi connectivity index (χ0n) is 17.5. The summed E-state index contributed by atoms with van der Waals surface area (Å²) in [7, 11) is 0. The third-order valence-electron chi connectivity index (χ3n) is 4.08. The summed E-state index contributed by atoms with van der Waals surface area (Å²) in [5, 5.41) is 10.8. The minimum atomic E-state index is -0.913. The van der Waals surface area contributed by atoms with E-state index in [0.717, 1.165) is 12.8 Å². The van der Waals surface area contributed by atoms with Crippen LogP contribution in [0.2, 0.25) is 0 Å². The molecule has 0 heterocycles. The zero-order chi connectivity index (χ0) is 21.1. The molecule has 27 heavy (non-hydrogen) atoms. The molecule has 0 rings (SSSR count). The molecule has 0 saturated carbocycles. The van der Waals surface area contributed by atoms with Crippen molar-refractivity contribution in [3.63, 3.8) is 0 Å². The van der Waals surface area contributed by atoms with Gasteiger partial charge in [0, 0.05) is 6.54 Å². The van der Waals surface area contributed by atoms with Gasteiger partial charge in [-0.05, 0) is 18.8 Å². The van der Waals surface area contributed by atoms with Gasteiger partial charge in [-0.1, -0.05) is 78.6 Å². The lowest BCUT2D eigenvalue weighted by atomic mass is 10.1. The summed E-state index contributed by atoms with van der Waals surface area (Å²) >= 11 is 0. The molecule has 0 aliphatic carbocycles. The maximum absolute atomic E-state index is 10.8. The number of primary amides is 1. The average Bonchev–Trinajstić information content (AvgIpc) is 2.59. The van der Waals surface area contributed by atoms with Gasteiger partial charge in [0.15, 0.2) is 0 Å². The number of rotatable bonds is 14. The SMILES string of the molecule is CC(C)C[C@H](N)C(=O)O.CCCCCCCCCCCCNC(=O)C(N)=O. The van der Waals surface area contributed by atoms with E-state index in [1.807, 2.05) is 13.8 Å². The van der Waals surface area contributed by atoms with Gasteiger partial charge >= 0.3 is 17.8 Å². The second-order valence-electron chi connectivity index (χ2n) is 7.38. The van der Waals surface area contributed by atoms with Gasteiger partial charge in [0.25, 0.3) is 0 Å². The maximum Gasteiger partial charge on any atom is 0.320 e. The molecule has 0 unspecified atom stereocenters. The van der Waals surface area contributed by atoms with Crippen LogP contribution < -0.4 is 16.8 Å². The Bertz CT molecular complexity index is 401. The van der Waals surface area contributed by atoms with Crippen molar-refractivity contribution in [2.24, 2.45) is 17.4 Å². The van der Waals surface area contributed by atoms with Gasteiger partial charge in [0.1, 0.15) is 6.04 Å². The van der Waals surface area contributed by atoms with Crippen molar-refractivity contribution in [1.29, 1.82) is 0 Å². The Balaban J connectivity index is 0. The summed E-state index contributed by atoms with van der Waals surface area (Å²) in [6, 6.07) is -0.690. The van der Waals surface area contributed by atoms with Crippen LogP contribution in [-0.4, -0.2) is 35.5 Å². The number of carbonyl (C=O) groups excluding carboxylic acids is 2. The number of amides is 2. The van der Waals surface area contributed by atoms with Gasteiger partial charge in [-0.2, -0.15) is 0 Å². The smallest absolute Gasteiger partial charge is 0.320 e. The molecule has 0 saturated heterocycles. The third-order valence-corrected chi connectivity index (χ3v) is 4.08. The van der Waals surface area contributed by atoms with Crippen LogP contribution in [0.5, 0.6) is 0 Å². The largest absolute Gasteiger partial charge is 0.480 e. The average molecular weight is 388 g/mol. The first-order valence-corrected chi connectivity index (χ1v) is 10.3. The fraction of sp³-hybridized carbons (Fsp3) is 0.850. The van der Waals surface area contributed by atoms with E-state index in [9.17, 15) is 14.4 Å². The quantitative estimate of drug-likeness (QED) is 0.268. The molecular formula is C20H41N3O4. The summed E-state index contributed by atoms with van der Waals surface area (Å²) in [5.41, 5.74) is 10.0. The molecule has 0 aromatic heterocycles. The first kappa shape index (κ1) is 27.6. The molecule has 7 nitrogen and oxygen atoms in total. The number of nitrogens with one attached hydrogen (secondary N) is 1. The Morgan fingerprint density at radius 3 is 1.67 bits per heavy atom. The minimum absolute atomic E-state index is 0.357. The predicted molar refractivity (Wildman–Crippen MR) is 109 cm³/mol. The summed E-state index contributed by atoms with van der Waals surface area (Å²) in [6.07, 6.45) is 13.1. The van der Waals surface area contributed by atoms with Crippen LogP contribution in [0.1, 0.15) is 91.4 Å². The van der Waals surface area contributed by atoms with E-state index in [1.54, 1.807) is 0 Å². The number of aliphatic carboxylic acids is 1. The topological polar surface area (TPSA) is 136 Å². The van der Waals surface area contributed by atoms with Gasteiger partial charge in [0.2, 0.25) is 0 Å².